The van der Waals surface area contributed by atoms with Gasteiger partial charge < -0.3 is 0 Å². The zero-order chi connectivity index (χ0) is 18.1. The average molecular weight is 405 g/mol. The molecule has 6 rings (SSSR count). The van der Waals surface area contributed by atoms with E-state index in [9.17, 15) is 0 Å². The van der Waals surface area contributed by atoms with Crippen LogP contribution in [0.3, 0.4) is 0 Å². The summed E-state index contributed by atoms with van der Waals surface area (Å²) in [5, 5.41) is 0. The Labute approximate surface area is 165 Å². The van der Waals surface area contributed by atoms with E-state index >= 15 is 0 Å². The zero-order valence-corrected chi connectivity index (χ0v) is 18.9. The highest BCUT2D eigenvalue weighted by molar-refractivity contribution is 9.11. The van der Waals surface area contributed by atoms with Crippen molar-refractivity contribution in [3.63, 3.8) is 0 Å². The monoisotopic (exact) mass is 404 g/mol. The van der Waals surface area contributed by atoms with E-state index in [1.54, 1.807) is 0 Å². The van der Waals surface area contributed by atoms with Gasteiger partial charge in [0.1, 0.15) is 0 Å². The first-order valence-electron chi connectivity index (χ1n) is 10.9. The van der Waals surface area contributed by atoms with Gasteiger partial charge in [-0.2, -0.15) is 0 Å². The molecule has 0 nitrogen and oxygen atoms in total. The smallest absolute Gasteiger partial charge is 0.0848 e. The highest BCUT2D eigenvalue weighted by Gasteiger charge is 2.61. The van der Waals surface area contributed by atoms with Gasteiger partial charge in [-0.15, -0.1) is 0 Å². The number of allylic oxidation sites excluding steroid dienone is 1. The van der Waals surface area contributed by atoms with Gasteiger partial charge in [0, 0.05) is 0 Å². The van der Waals surface area contributed by atoms with Crippen LogP contribution in [-0.4, -0.2) is 6.71 Å². The van der Waals surface area contributed by atoms with Crippen molar-refractivity contribution in [1.29, 1.82) is 0 Å². The van der Waals surface area contributed by atoms with Crippen molar-refractivity contribution < 1.29 is 0 Å². The maximum atomic E-state index is 3.55. The van der Waals surface area contributed by atoms with E-state index < -0.39 is 0 Å². The van der Waals surface area contributed by atoms with E-state index in [0.717, 1.165) is 53.9 Å². The first kappa shape index (κ1) is 18.6. The fourth-order valence-electron chi connectivity index (χ4n) is 8.39. The van der Waals surface area contributed by atoms with Gasteiger partial charge in [-0.05, 0) is 64.2 Å². The van der Waals surface area contributed by atoms with Crippen LogP contribution in [0, 0.1) is 46.3 Å². The molecule has 0 heterocycles. The Morgan fingerprint density at radius 1 is 0.840 bits per heavy atom. The Hall–Kier alpha value is 0.285. The standard InChI is InChI=1S/C23H38BBr/c1-14-18-10-16(22(18,3)4)12-20(14)24(8-7-9-25)21-13-17-11-19(15(21)2)23(17,5)6/h7,9,14-21H,8,10-13H2,1-6H3/b9-7-/t14-,15-,16+,17+,18-,19-,20-,21-/m1/s1. The first-order valence-corrected chi connectivity index (χ1v) is 11.9. The second kappa shape index (κ2) is 6.15. The summed E-state index contributed by atoms with van der Waals surface area (Å²) in [6.07, 6.45) is 9.77. The van der Waals surface area contributed by atoms with Crippen molar-refractivity contribution in [2.45, 2.75) is 85.2 Å². The Morgan fingerprint density at radius 3 is 1.60 bits per heavy atom. The molecule has 4 bridgehead atoms. The summed E-state index contributed by atoms with van der Waals surface area (Å²) >= 11 is 3.55. The van der Waals surface area contributed by atoms with E-state index in [1.165, 1.54) is 32.0 Å². The molecule has 0 aromatic rings. The number of hydrogen-bond acceptors (Lipinski definition) is 0. The molecule has 25 heavy (non-hydrogen) atoms. The highest BCUT2D eigenvalue weighted by atomic mass is 79.9. The molecule has 0 unspecified atom stereocenters. The number of fused-ring (bicyclic) bond motifs is 4. The fraction of sp³-hybridized carbons (Fsp3) is 0.913. The van der Waals surface area contributed by atoms with Gasteiger partial charge in [-0.3, -0.25) is 0 Å². The van der Waals surface area contributed by atoms with Gasteiger partial charge in [0.05, 0.1) is 0 Å². The minimum atomic E-state index is 0.619. The lowest BCUT2D eigenvalue weighted by Gasteiger charge is -2.66. The van der Waals surface area contributed by atoms with Crippen molar-refractivity contribution in [3.05, 3.63) is 11.1 Å². The molecule has 0 spiro atoms. The third kappa shape index (κ3) is 2.59. The third-order valence-electron chi connectivity index (χ3n) is 10.4. The summed E-state index contributed by atoms with van der Waals surface area (Å²) in [5.41, 5.74) is 1.24. The van der Waals surface area contributed by atoms with E-state index in [-0.39, 0.29) is 0 Å². The van der Waals surface area contributed by atoms with Gasteiger partial charge in [0.15, 0.2) is 6.71 Å². The lowest BCUT2D eigenvalue weighted by molar-refractivity contribution is -0.107. The van der Waals surface area contributed by atoms with Crippen molar-refractivity contribution >= 4 is 22.6 Å². The molecule has 6 aliphatic carbocycles. The molecule has 0 aliphatic heterocycles. The first-order chi connectivity index (χ1) is 11.7. The molecule has 0 saturated heterocycles. The molecule has 6 aliphatic rings. The van der Waals surface area contributed by atoms with Gasteiger partial charge >= 0.3 is 0 Å². The van der Waals surface area contributed by atoms with E-state index in [1.807, 2.05) is 0 Å². The highest BCUT2D eigenvalue weighted by Crippen LogP contribution is 2.69. The quantitative estimate of drug-likeness (QED) is 0.424. The molecule has 0 amide bonds. The Morgan fingerprint density at radius 2 is 1.28 bits per heavy atom. The van der Waals surface area contributed by atoms with Crippen LogP contribution in [0.1, 0.15) is 67.2 Å². The lowest BCUT2D eigenvalue weighted by atomic mass is 9.20. The van der Waals surface area contributed by atoms with E-state index in [4.69, 9.17) is 0 Å². The minimum Gasteiger partial charge on any atom is -0.0848 e. The molecular formula is C23H38BBr. The predicted octanol–water partition coefficient (Wildman–Crippen LogP) is 7.53. The minimum absolute atomic E-state index is 0.619. The van der Waals surface area contributed by atoms with Crippen LogP contribution in [-0.2, 0) is 0 Å². The van der Waals surface area contributed by atoms with Crippen LogP contribution in [0.2, 0.25) is 18.0 Å². The molecule has 2 heteroatoms. The molecule has 140 valence electrons. The van der Waals surface area contributed by atoms with E-state index in [0.29, 0.717) is 10.8 Å². The van der Waals surface area contributed by atoms with Crippen LogP contribution in [0.4, 0.5) is 0 Å². The largest absolute Gasteiger partial charge is 0.150 e. The summed E-state index contributed by atoms with van der Waals surface area (Å²) in [4.78, 5) is 2.12. The molecule has 0 radical (unpaired) electrons. The van der Waals surface area contributed by atoms with Crippen LogP contribution in [0.25, 0.3) is 0 Å². The molecule has 6 saturated carbocycles. The Kier molecular flexibility index (Phi) is 4.58. The molecule has 0 aromatic heterocycles. The zero-order valence-electron chi connectivity index (χ0n) is 17.3. The number of halogens is 1. The van der Waals surface area contributed by atoms with Gasteiger partial charge in [0.2, 0.25) is 0 Å². The van der Waals surface area contributed by atoms with Crippen molar-refractivity contribution in [2.24, 2.45) is 46.3 Å². The maximum Gasteiger partial charge on any atom is 0.150 e. The summed E-state index contributed by atoms with van der Waals surface area (Å²) in [6, 6.07) is 0. The summed E-state index contributed by atoms with van der Waals surface area (Å²) in [5.74, 6) is 7.74. The van der Waals surface area contributed by atoms with Gasteiger partial charge in [-0.25, -0.2) is 0 Å². The van der Waals surface area contributed by atoms with E-state index in [2.05, 4.69) is 68.5 Å². The fourth-order valence-corrected chi connectivity index (χ4v) is 8.60. The van der Waals surface area contributed by atoms with Crippen LogP contribution in [0.15, 0.2) is 11.1 Å². The second-order valence-corrected chi connectivity index (χ2v) is 12.0. The van der Waals surface area contributed by atoms with Crippen molar-refractivity contribution in [1.82, 2.24) is 0 Å². The summed E-state index contributed by atoms with van der Waals surface area (Å²) < 4.78 is 0. The average Bonchev–Trinajstić information content (AvgIpc) is 2.56. The molecular weight excluding hydrogens is 367 g/mol. The Bertz CT molecular complexity index is 508. The number of hydrogen-bond donors (Lipinski definition) is 0. The SMILES string of the molecule is C[C@@H]1[C@H]2C[C@@H](C[C@H]1B(C/C=C\Br)[C@@H]1C[C@@H]3C[C@H]([C@H]1C)C3(C)C)C2(C)C. The maximum absolute atomic E-state index is 3.55. The molecule has 6 fully saturated rings. The summed E-state index contributed by atoms with van der Waals surface area (Å²) in [7, 11) is 0. The Balaban J connectivity index is 1.56. The molecule has 0 N–H and O–H groups in total. The van der Waals surface area contributed by atoms with Gasteiger partial charge in [0.25, 0.3) is 0 Å². The second-order valence-electron chi connectivity index (χ2n) is 11.5. The van der Waals surface area contributed by atoms with Crippen molar-refractivity contribution in [3.8, 4) is 0 Å². The van der Waals surface area contributed by atoms with Gasteiger partial charge in [-0.1, -0.05) is 94.3 Å². The third-order valence-corrected chi connectivity index (χ3v) is 10.8. The molecule has 0 aromatic carbocycles. The van der Waals surface area contributed by atoms with Crippen LogP contribution >= 0.6 is 15.9 Å². The number of rotatable bonds is 4. The van der Waals surface area contributed by atoms with Crippen molar-refractivity contribution in [2.75, 3.05) is 0 Å². The topological polar surface area (TPSA) is 0 Å². The normalized spacial score (nSPS) is 49.4. The lowest BCUT2D eigenvalue weighted by Crippen LogP contribution is -2.59. The van der Waals surface area contributed by atoms with Crippen LogP contribution in [0.5, 0.6) is 0 Å². The molecule has 8 atom stereocenters. The van der Waals surface area contributed by atoms with Crippen LogP contribution < -0.4 is 0 Å². The predicted molar refractivity (Wildman–Crippen MR) is 114 cm³/mol. The summed E-state index contributed by atoms with van der Waals surface area (Å²) in [6.45, 7) is 16.3.